The van der Waals surface area contributed by atoms with E-state index >= 15 is 0 Å². The number of halogens is 1. The van der Waals surface area contributed by atoms with Gasteiger partial charge in [0.1, 0.15) is 12.4 Å². The van der Waals surface area contributed by atoms with Crippen molar-refractivity contribution in [1.29, 1.82) is 0 Å². The summed E-state index contributed by atoms with van der Waals surface area (Å²) < 4.78 is 18.5. The third-order valence-electron chi connectivity index (χ3n) is 3.26. The largest absolute Gasteiger partial charge is 0.448 e. The molecule has 2 heterocycles. The number of carbonyl (C=O) groups excluding carboxylic acids is 2. The zero-order chi connectivity index (χ0) is 16.9. The number of carbonyl (C=O) groups is 2. The number of urea groups is 1. The number of hydrogen-bond donors (Lipinski definition) is 2. The molecule has 0 atom stereocenters. The van der Waals surface area contributed by atoms with Crippen LogP contribution in [0.15, 0.2) is 24.3 Å². The number of anilines is 1. The molecule has 0 spiro atoms. The summed E-state index contributed by atoms with van der Waals surface area (Å²) in [6.45, 7) is 1.53. The molecule has 1 aliphatic heterocycles. The minimum absolute atomic E-state index is 0.256. The van der Waals surface area contributed by atoms with Crippen LogP contribution < -0.4 is 10.6 Å². The number of hydrogen-bond acceptors (Lipinski definition) is 6. The van der Waals surface area contributed by atoms with Crippen molar-refractivity contribution in [2.45, 2.75) is 0 Å². The standard InChI is InChI=1S/C14H14FN5O3S/c15-10-4-2-1-3-9(10)11-18-19-13(24-11)17-12(21)16-5-6-20-7-8-23-14(20)22/h1-4H,5-8H2,(H2,16,17,19,21). The maximum Gasteiger partial charge on any atom is 0.409 e. The van der Waals surface area contributed by atoms with E-state index in [1.165, 1.54) is 11.0 Å². The Morgan fingerprint density at radius 3 is 2.96 bits per heavy atom. The fourth-order valence-corrected chi connectivity index (χ4v) is 2.86. The molecule has 8 nitrogen and oxygen atoms in total. The molecule has 2 N–H and O–H groups in total. The number of ether oxygens (including phenoxy) is 1. The number of benzene rings is 1. The number of amides is 3. The quantitative estimate of drug-likeness (QED) is 0.858. The molecule has 0 saturated carbocycles. The van der Waals surface area contributed by atoms with Crippen molar-refractivity contribution < 1.29 is 18.7 Å². The highest BCUT2D eigenvalue weighted by atomic mass is 32.1. The minimum atomic E-state index is -0.473. The lowest BCUT2D eigenvalue weighted by Gasteiger charge is -2.12. The summed E-state index contributed by atoms with van der Waals surface area (Å²) in [4.78, 5) is 24.5. The van der Waals surface area contributed by atoms with Crippen molar-refractivity contribution in [2.75, 3.05) is 31.6 Å². The topological polar surface area (TPSA) is 96.5 Å². The lowest BCUT2D eigenvalue weighted by atomic mass is 10.2. The van der Waals surface area contributed by atoms with Crippen LogP contribution in [0.2, 0.25) is 0 Å². The summed E-state index contributed by atoms with van der Waals surface area (Å²) in [5.74, 6) is -0.401. The maximum absolute atomic E-state index is 13.7. The highest BCUT2D eigenvalue weighted by Crippen LogP contribution is 2.28. The fourth-order valence-electron chi connectivity index (χ4n) is 2.09. The maximum atomic E-state index is 13.7. The van der Waals surface area contributed by atoms with E-state index in [-0.39, 0.29) is 17.8 Å². The Morgan fingerprint density at radius 1 is 1.38 bits per heavy atom. The predicted molar refractivity (Wildman–Crippen MR) is 85.2 cm³/mol. The van der Waals surface area contributed by atoms with Crippen LogP contribution in [0, 0.1) is 5.82 Å². The molecule has 1 fully saturated rings. The van der Waals surface area contributed by atoms with Gasteiger partial charge in [-0.25, -0.2) is 14.0 Å². The number of nitrogens with one attached hydrogen (secondary N) is 2. The van der Waals surface area contributed by atoms with E-state index in [9.17, 15) is 14.0 Å². The van der Waals surface area contributed by atoms with E-state index in [0.29, 0.717) is 30.3 Å². The van der Waals surface area contributed by atoms with Crippen molar-refractivity contribution in [1.82, 2.24) is 20.4 Å². The van der Waals surface area contributed by atoms with Gasteiger partial charge in [-0.05, 0) is 12.1 Å². The number of rotatable bonds is 5. The lowest BCUT2D eigenvalue weighted by Crippen LogP contribution is -2.37. The van der Waals surface area contributed by atoms with Gasteiger partial charge in [0.2, 0.25) is 5.13 Å². The predicted octanol–water partition coefficient (Wildman–Crippen LogP) is 1.92. The molecule has 0 unspecified atom stereocenters. The number of cyclic esters (lactones) is 1. The average molecular weight is 351 g/mol. The van der Waals surface area contributed by atoms with Gasteiger partial charge in [0.25, 0.3) is 0 Å². The van der Waals surface area contributed by atoms with Crippen LogP contribution in [0.4, 0.5) is 19.1 Å². The normalized spacial score (nSPS) is 13.7. The van der Waals surface area contributed by atoms with Crippen LogP contribution >= 0.6 is 11.3 Å². The highest BCUT2D eigenvalue weighted by Gasteiger charge is 2.21. The molecule has 126 valence electrons. The van der Waals surface area contributed by atoms with Crippen LogP contribution in [-0.2, 0) is 4.74 Å². The van der Waals surface area contributed by atoms with Crippen LogP contribution in [-0.4, -0.2) is 53.5 Å². The van der Waals surface area contributed by atoms with Gasteiger partial charge < -0.3 is 15.0 Å². The SMILES string of the molecule is O=C(NCCN1CCOC1=O)Nc1nnc(-c2ccccc2F)s1. The Balaban J connectivity index is 1.50. The second kappa shape index (κ2) is 7.21. The Bertz CT molecular complexity index is 754. The molecule has 0 aliphatic carbocycles. The number of aromatic nitrogens is 2. The van der Waals surface area contributed by atoms with Crippen LogP contribution in [0.1, 0.15) is 0 Å². The third-order valence-corrected chi connectivity index (χ3v) is 4.13. The van der Waals surface area contributed by atoms with Gasteiger partial charge in [0.15, 0.2) is 5.01 Å². The van der Waals surface area contributed by atoms with Gasteiger partial charge in [-0.2, -0.15) is 0 Å². The van der Waals surface area contributed by atoms with E-state index in [1.54, 1.807) is 18.2 Å². The zero-order valence-corrected chi connectivity index (χ0v) is 13.3. The van der Waals surface area contributed by atoms with E-state index in [4.69, 9.17) is 4.74 Å². The summed E-state index contributed by atoms with van der Waals surface area (Å²) >= 11 is 1.07. The molecule has 3 rings (SSSR count). The summed E-state index contributed by atoms with van der Waals surface area (Å²) in [7, 11) is 0. The Labute approximate surface area is 140 Å². The van der Waals surface area contributed by atoms with E-state index in [0.717, 1.165) is 11.3 Å². The molecular formula is C14H14FN5O3S. The molecular weight excluding hydrogens is 337 g/mol. The molecule has 1 aromatic carbocycles. The Kier molecular flexibility index (Phi) is 4.85. The lowest BCUT2D eigenvalue weighted by molar-refractivity contribution is 0.158. The second-order valence-electron chi connectivity index (χ2n) is 4.87. The average Bonchev–Trinajstić information content (AvgIpc) is 3.17. The van der Waals surface area contributed by atoms with Crippen LogP contribution in [0.25, 0.3) is 10.6 Å². The summed E-state index contributed by atoms with van der Waals surface area (Å²) in [5.41, 5.74) is 0.330. The van der Waals surface area contributed by atoms with E-state index < -0.39 is 11.8 Å². The second-order valence-corrected chi connectivity index (χ2v) is 5.85. The summed E-state index contributed by atoms with van der Waals surface area (Å²) in [6, 6.07) is 5.74. The van der Waals surface area contributed by atoms with Crippen LogP contribution in [0.5, 0.6) is 0 Å². The van der Waals surface area contributed by atoms with Crippen LogP contribution in [0.3, 0.4) is 0 Å². The molecule has 0 radical (unpaired) electrons. The number of nitrogens with zero attached hydrogens (tertiary/aromatic N) is 3. The first-order valence-corrected chi connectivity index (χ1v) is 8.00. The highest BCUT2D eigenvalue weighted by molar-refractivity contribution is 7.18. The summed E-state index contributed by atoms with van der Waals surface area (Å²) in [6.07, 6.45) is -0.379. The zero-order valence-electron chi connectivity index (χ0n) is 12.5. The molecule has 0 bridgehead atoms. The monoisotopic (exact) mass is 351 g/mol. The first-order valence-electron chi connectivity index (χ1n) is 7.18. The van der Waals surface area contributed by atoms with Crippen molar-refractivity contribution in [3.8, 4) is 10.6 Å². The van der Waals surface area contributed by atoms with Gasteiger partial charge in [0, 0.05) is 18.7 Å². The molecule has 2 aromatic rings. The Morgan fingerprint density at radius 2 is 2.21 bits per heavy atom. The molecule has 10 heteroatoms. The summed E-state index contributed by atoms with van der Waals surface area (Å²) in [5, 5.41) is 13.5. The molecule has 24 heavy (non-hydrogen) atoms. The van der Waals surface area contributed by atoms with Gasteiger partial charge in [-0.15, -0.1) is 10.2 Å². The van der Waals surface area contributed by atoms with Crippen molar-refractivity contribution >= 4 is 28.6 Å². The Hall–Kier alpha value is -2.75. The molecule has 1 saturated heterocycles. The third kappa shape index (κ3) is 3.77. The van der Waals surface area contributed by atoms with Crippen molar-refractivity contribution in [3.63, 3.8) is 0 Å². The van der Waals surface area contributed by atoms with E-state index in [2.05, 4.69) is 20.8 Å². The van der Waals surface area contributed by atoms with Gasteiger partial charge in [-0.3, -0.25) is 5.32 Å². The van der Waals surface area contributed by atoms with Crippen molar-refractivity contribution in [3.05, 3.63) is 30.1 Å². The molecule has 1 aliphatic rings. The molecule has 3 amide bonds. The minimum Gasteiger partial charge on any atom is -0.448 e. The van der Waals surface area contributed by atoms with Crippen molar-refractivity contribution in [2.24, 2.45) is 0 Å². The van der Waals surface area contributed by atoms with Gasteiger partial charge in [0.05, 0.1) is 6.54 Å². The van der Waals surface area contributed by atoms with E-state index in [1.807, 2.05) is 0 Å². The first kappa shape index (κ1) is 16.1. The van der Waals surface area contributed by atoms with Gasteiger partial charge >= 0.3 is 12.1 Å². The first-order chi connectivity index (χ1) is 11.6. The van der Waals surface area contributed by atoms with Gasteiger partial charge in [-0.1, -0.05) is 23.5 Å². The fraction of sp³-hybridized carbons (Fsp3) is 0.286. The smallest absolute Gasteiger partial charge is 0.409 e. The molecule has 1 aromatic heterocycles.